The number of carbonyl (C=O) groups is 1. The SMILES string of the molecule is O=C([C@@H]1CCCN1S(=O)(=O)c1ccc(Cl)cc1)N1N=C2/C(=C\c3ccc(Br)cc3)CCC[C@H]2[C@H]1c1ccc(Br)cc1. The van der Waals surface area contributed by atoms with Gasteiger partial charge in [0.25, 0.3) is 5.91 Å². The van der Waals surface area contributed by atoms with E-state index in [0.717, 1.165) is 50.6 Å². The molecule has 1 aliphatic carbocycles. The summed E-state index contributed by atoms with van der Waals surface area (Å²) in [5, 5.41) is 7.05. The molecule has 1 amide bonds. The lowest BCUT2D eigenvalue weighted by atomic mass is 9.77. The van der Waals surface area contributed by atoms with E-state index >= 15 is 0 Å². The predicted octanol–water partition coefficient (Wildman–Crippen LogP) is 7.84. The minimum atomic E-state index is -3.89. The van der Waals surface area contributed by atoms with Gasteiger partial charge in [0.05, 0.1) is 16.6 Å². The molecule has 6 rings (SSSR count). The van der Waals surface area contributed by atoms with E-state index in [1.807, 2.05) is 36.4 Å². The highest BCUT2D eigenvalue weighted by Crippen LogP contribution is 2.45. The van der Waals surface area contributed by atoms with Crippen LogP contribution in [0.2, 0.25) is 5.02 Å². The van der Waals surface area contributed by atoms with Crippen molar-refractivity contribution in [2.45, 2.75) is 49.1 Å². The fourth-order valence-corrected chi connectivity index (χ4v) is 8.41. The van der Waals surface area contributed by atoms with Gasteiger partial charge in [0.1, 0.15) is 6.04 Å². The summed E-state index contributed by atoms with van der Waals surface area (Å²) in [5.41, 5.74) is 4.11. The molecule has 1 saturated carbocycles. The molecule has 0 aromatic heterocycles. The highest BCUT2D eigenvalue weighted by atomic mass is 79.9. The quantitative estimate of drug-likeness (QED) is 0.270. The van der Waals surface area contributed by atoms with Gasteiger partial charge in [-0.1, -0.05) is 67.7 Å². The van der Waals surface area contributed by atoms with Gasteiger partial charge in [-0.3, -0.25) is 4.79 Å². The van der Waals surface area contributed by atoms with Gasteiger partial charge in [-0.05, 0) is 103 Å². The number of rotatable bonds is 5. The van der Waals surface area contributed by atoms with E-state index in [1.54, 1.807) is 17.1 Å². The van der Waals surface area contributed by atoms with Crippen LogP contribution >= 0.6 is 43.5 Å². The third-order valence-corrected chi connectivity index (χ3v) is 11.3. The maximum absolute atomic E-state index is 14.3. The zero-order valence-corrected chi connectivity index (χ0v) is 26.8. The summed E-state index contributed by atoms with van der Waals surface area (Å²) in [5.74, 6) is -0.254. The minimum Gasteiger partial charge on any atom is -0.271 e. The van der Waals surface area contributed by atoms with E-state index in [0.29, 0.717) is 17.9 Å². The van der Waals surface area contributed by atoms with Crippen molar-refractivity contribution in [3.8, 4) is 0 Å². The molecule has 0 bridgehead atoms. The summed E-state index contributed by atoms with van der Waals surface area (Å²) >= 11 is 13.0. The molecular formula is C31H28Br2ClN3O3S. The zero-order valence-electron chi connectivity index (χ0n) is 22.1. The van der Waals surface area contributed by atoms with E-state index in [9.17, 15) is 13.2 Å². The average Bonchev–Trinajstić information content (AvgIpc) is 3.62. The fraction of sp³-hybridized carbons (Fsp3) is 0.290. The van der Waals surface area contributed by atoms with Crippen LogP contribution in [0.3, 0.4) is 0 Å². The van der Waals surface area contributed by atoms with Gasteiger partial charge in [-0.2, -0.15) is 9.41 Å². The van der Waals surface area contributed by atoms with Gasteiger partial charge >= 0.3 is 0 Å². The Labute approximate surface area is 262 Å². The summed E-state index contributed by atoms with van der Waals surface area (Å²) in [6.45, 7) is 0.285. The van der Waals surface area contributed by atoms with Gasteiger partial charge < -0.3 is 0 Å². The van der Waals surface area contributed by atoms with E-state index in [1.165, 1.54) is 16.4 Å². The summed E-state index contributed by atoms with van der Waals surface area (Å²) in [4.78, 5) is 14.5. The molecule has 1 saturated heterocycles. The number of fused-ring (bicyclic) bond motifs is 1. The molecule has 3 aromatic rings. The van der Waals surface area contributed by atoms with Gasteiger partial charge in [0.15, 0.2) is 0 Å². The van der Waals surface area contributed by atoms with Crippen LogP contribution in [0.25, 0.3) is 6.08 Å². The molecule has 3 aromatic carbocycles. The lowest BCUT2D eigenvalue weighted by Gasteiger charge is -2.32. The van der Waals surface area contributed by atoms with Gasteiger partial charge in [-0.25, -0.2) is 13.4 Å². The molecule has 3 aliphatic rings. The number of benzene rings is 3. The number of nitrogens with zero attached hydrogens (tertiary/aromatic N) is 3. The van der Waals surface area contributed by atoms with Crippen molar-refractivity contribution in [2.24, 2.45) is 11.0 Å². The topological polar surface area (TPSA) is 70.1 Å². The Morgan fingerprint density at radius 3 is 2.24 bits per heavy atom. The first-order valence-electron chi connectivity index (χ1n) is 13.6. The van der Waals surface area contributed by atoms with Crippen LogP contribution in [-0.2, 0) is 14.8 Å². The number of allylic oxidation sites excluding steroid dienone is 1. The molecule has 2 fully saturated rings. The van der Waals surface area contributed by atoms with Crippen LogP contribution in [-0.4, -0.2) is 41.9 Å². The maximum atomic E-state index is 14.3. The first-order valence-corrected chi connectivity index (χ1v) is 17.0. The van der Waals surface area contributed by atoms with E-state index in [4.69, 9.17) is 16.7 Å². The van der Waals surface area contributed by atoms with Crippen LogP contribution in [0.4, 0.5) is 0 Å². The number of sulfonamides is 1. The van der Waals surface area contributed by atoms with Crippen molar-refractivity contribution in [3.63, 3.8) is 0 Å². The molecule has 212 valence electrons. The first kappa shape index (κ1) is 28.8. The smallest absolute Gasteiger partial charge is 0.261 e. The third kappa shape index (κ3) is 5.71. The van der Waals surface area contributed by atoms with Crippen LogP contribution in [0.1, 0.15) is 49.3 Å². The highest BCUT2D eigenvalue weighted by Gasteiger charge is 2.48. The van der Waals surface area contributed by atoms with E-state index < -0.39 is 16.1 Å². The average molecular weight is 718 g/mol. The summed E-state index contributed by atoms with van der Waals surface area (Å²) < 4.78 is 30.6. The van der Waals surface area contributed by atoms with Gasteiger partial charge in [-0.15, -0.1) is 0 Å². The Bertz CT molecular complexity index is 1620. The Morgan fingerprint density at radius 1 is 0.902 bits per heavy atom. The number of hydrogen-bond donors (Lipinski definition) is 0. The number of hydrogen-bond acceptors (Lipinski definition) is 4. The van der Waals surface area contributed by atoms with Crippen molar-refractivity contribution >= 4 is 71.2 Å². The Hall–Kier alpha value is -2.30. The summed E-state index contributed by atoms with van der Waals surface area (Å²) in [6, 6.07) is 21.1. The Balaban J connectivity index is 1.38. The maximum Gasteiger partial charge on any atom is 0.261 e. The van der Waals surface area contributed by atoms with Crippen LogP contribution in [0.15, 0.2) is 97.3 Å². The molecule has 3 atom stereocenters. The second-order valence-corrected chi connectivity index (χ2v) is 14.8. The molecule has 0 N–H and O–H groups in total. The van der Waals surface area contributed by atoms with E-state index in [2.05, 4.69) is 50.1 Å². The fourth-order valence-electron chi connectivity index (χ4n) is 6.11. The molecule has 0 radical (unpaired) electrons. The number of hydrazone groups is 1. The molecule has 6 nitrogen and oxygen atoms in total. The Morgan fingerprint density at radius 2 is 1.56 bits per heavy atom. The molecule has 10 heteroatoms. The molecular weight excluding hydrogens is 690 g/mol. The van der Waals surface area contributed by atoms with Crippen molar-refractivity contribution < 1.29 is 13.2 Å². The minimum absolute atomic E-state index is 0.0262. The summed E-state index contributed by atoms with van der Waals surface area (Å²) in [7, 11) is -3.89. The molecule has 41 heavy (non-hydrogen) atoms. The predicted molar refractivity (Wildman–Crippen MR) is 169 cm³/mol. The lowest BCUT2D eigenvalue weighted by Crippen LogP contribution is -2.46. The number of amides is 1. The highest BCUT2D eigenvalue weighted by molar-refractivity contribution is 9.10. The van der Waals surface area contributed by atoms with Gasteiger partial charge in [0.2, 0.25) is 10.0 Å². The van der Waals surface area contributed by atoms with Crippen LogP contribution < -0.4 is 0 Å². The molecule has 0 spiro atoms. The normalized spacial score (nSPS) is 24.0. The number of carbonyl (C=O) groups excluding carboxylic acids is 1. The molecule has 2 heterocycles. The lowest BCUT2D eigenvalue weighted by molar-refractivity contribution is -0.137. The first-order chi connectivity index (χ1) is 19.7. The van der Waals surface area contributed by atoms with Crippen molar-refractivity contribution in [1.29, 1.82) is 0 Å². The number of halogens is 3. The van der Waals surface area contributed by atoms with Gasteiger partial charge in [0, 0.05) is 26.4 Å². The molecule has 0 unspecified atom stereocenters. The standard InChI is InChI=1S/C31H28Br2ClN3O3S/c32-23-10-6-20(7-11-23)19-22-3-1-4-27-29(22)35-37(30(27)21-8-12-24(33)13-9-21)31(38)28-5-2-18-36(28)41(39,40)26-16-14-25(34)15-17-26/h6-17,19,27-28,30H,1-5,18H2/b22-19-/t27-,28+,30-/m1/s1. The van der Waals surface area contributed by atoms with Crippen LogP contribution in [0, 0.1) is 5.92 Å². The Kier molecular flexibility index (Phi) is 8.26. The monoisotopic (exact) mass is 715 g/mol. The zero-order chi connectivity index (χ0) is 28.7. The van der Waals surface area contributed by atoms with Crippen LogP contribution in [0.5, 0.6) is 0 Å². The third-order valence-electron chi connectivity index (χ3n) is 8.06. The molecule has 2 aliphatic heterocycles. The van der Waals surface area contributed by atoms with Crippen molar-refractivity contribution in [1.82, 2.24) is 9.31 Å². The second kappa shape index (κ2) is 11.8. The van der Waals surface area contributed by atoms with Crippen molar-refractivity contribution in [2.75, 3.05) is 6.54 Å². The van der Waals surface area contributed by atoms with Crippen molar-refractivity contribution in [3.05, 3.63) is 103 Å². The summed E-state index contributed by atoms with van der Waals surface area (Å²) in [6.07, 6.45) is 5.99. The largest absolute Gasteiger partial charge is 0.271 e. The second-order valence-electron chi connectivity index (χ2n) is 10.6. The van der Waals surface area contributed by atoms with E-state index in [-0.39, 0.29) is 29.3 Å².